The Morgan fingerprint density at radius 3 is 2.21 bits per heavy atom. The zero-order valence-corrected chi connectivity index (χ0v) is 17.0. The maximum absolute atomic E-state index is 12.3. The highest BCUT2D eigenvalue weighted by Crippen LogP contribution is 2.57. The molecule has 0 spiro atoms. The Bertz CT molecular complexity index is 798. The molecular formula is C13H19F3N2O9P2. The van der Waals surface area contributed by atoms with Crippen LogP contribution in [-0.4, -0.2) is 50.5 Å². The molecule has 0 saturated carbocycles. The molecule has 0 fully saturated rings. The SMILES string of the molecule is C/C(=C\COP(=O)(O)OP(=O)(O)O)CC/C=C(\C)COC(=O)C(=[N+]=[N-])C(F)(F)F. The highest BCUT2D eigenvalue weighted by molar-refractivity contribution is 7.60. The summed E-state index contributed by atoms with van der Waals surface area (Å²) >= 11 is 0. The summed E-state index contributed by atoms with van der Waals surface area (Å²) in [7, 11) is -10.1. The van der Waals surface area contributed by atoms with Crippen LogP contribution < -0.4 is 0 Å². The lowest BCUT2D eigenvalue weighted by atomic mass is 10.1. The molecule has 0 bridgehead atoms. The van der Waals surface area contributed by atoms with Crippen molar-refractivity contribution in [2.75, 3.05) is 13.2 Å². The molecule has 0 amide bonds. The van der Waals surface area contributed by atoms with Gasteiger partial charge in [0.05, 0.1) is 6.61 Å². The van der Waals surface area contributed by atoms with Gasteiger partial charge in [-0.2, -0.15) is 22.3 Å². The first-order chi connectivity index (χ1) is 13.1. The van der Waals surface area contributed by atoms with Gasteiger partial charge in [0, 0.05) is 0 Å². The van der Waals surface area contributed by atoms with Crippen molar-refractivity contribution < 1.29 is 60.1 Å². The first kappa shape index (κ1) is 27.4. The number of rotatable bonds is 11. The summed E-state index contributed by atoms with van der Waals surface area (Å²) in [6, 6.07) is 0. The van der Waals surface area contributed by atoms with Crippen LogP contribution in [0.5, 0.6) is 0 Å². The van der Waals surface area contributed by atoms with E-state index in [4.69, 9.17) is 20.2 Å². The second-order valence-corrected chi connectivity index (χ2v) is 8.33. The van der Waals surface area contributed by atoms with Crippen molar-refractivity contribution >= 4 is 27.3 Å². The lowest BCUT2D eigenvalue weighted by Crippen LogP contribution is -2.33. The molecule has 0 aliphatic rings. The normalized spacial score (nSPS) is 15.4. The van der Waals surface area contributed by atoms with Gasteiger partial charge in [0.1, 0.15) is 6.61 Å². The van der Waals surface area contributed by atoms with Crippen molar-refractivity contribution in [3.8, 4) is 0 Å². The van der Waals surface area contributed by atoms with Crippen LogP contribution in [0.4, 0.5) is 13.2 Å². The molecule has 3 N–H and O–H groups in total. The molecule has 0 aliphatic carbocycles. The molecule has 0 aromatic heterocycles. The molecule has 0 radical (unpaired) electrons. The van der Waals surface area contributed by atoms with E-state index in [1.54, 1.807) is 13.0 Å². The van der Waals surface area contributed by atoms with Crippen LogP contribution in [0.25, 0.3) is 5.53 Å². The van der Waals surface area contributed by atoms with Crippen molar-refractivity contribution in [2.24, 2.45) is 0 Å². The van der Waals surface area contributed by atoms with Gasteiger partial charge in [-0.1, -0.05) is 17.7 Å². The fourth-order valence-electron chi connectivity index (χ4n) is 1.60. The first-order valence-electron chi connectivity index (χ1n) is 7.59. The Hall–Kier alpha value is -1.62. The quantitative estimate of drug-likeness (QED) is 0.103. The van der Waals surface area contributed by atoms with E-state index >= 15 is 0 Å². The van der Waals surface area contributed by atoms with E-state index in [1.807, 2.05) is 4.79 Å². The number of hydrogen-bond donors (Lipinski definition) is 3. The molecule has 0 rings (SSSR count). The third-order valence-corrected chi connectivity index (χ3v) is 5.06. The number of esters is 1. The predicted molar refractivity (Wildman–Crippen MR) is 91.3 cm³/mol. The standard InChI is InChI=1S/C13H19F3N2O9P2/c1-9(6-7-26-29(23,24)27-28(20,21)22)4-3-5-10(2)8-25-12(19)11(18-17)13(14,15)16/h5-6H,3-4,7-8H2,1-2H3,(H,23,24)(H2,20,21,22)/b9-6+,10-5+. The van der Waals surface area contributed by atoms with Crippen LogP contribution in [0.1, 0.15) is 26.7 Å². The minimum atomic E-state index is -5.20. The van der Waals surface area contributed by atoms with Gasteiger partial charge in [0.25, 0.3) is 0 Å². The largest absolute Gasteiger partial charge is 0.503 e. The Kier molecular flexibility index (Phi) is 10.9. The number of carbonyl (C=O) groups excluding carboxylic acids is 1. The number of alkyl halides is 3. The summed E-state index contributed by atoms with van der Waals surface area (Å²) in [5.41, 5.74) is 7.22. The summed E-state index contributed by atoms with van der Waals surface area (Å²) < 4.78 is 71.1. The van der Waals surface area contributed by atoms with Gasteiger partial charge in [-0.15, -0.1) is 0 Å². The second kappa shape index (κ2) is 11.5. The number of carbonyl (C=O) groups is 1. The third kappa shape index (κ3) is 13.3. The van der Waals surface area contributed by atoms with E-state index in [-0.39, 0.29) is 0 Å². The van der Waals surface area contributed by atoms with Crippen molar-refractivity contribution in [1.82, 2.24) is 0 Å². The van der Waals surface area contributed by atoms with Crippen LogP contribution in [-0.2, 0) is 27.5 Å². The molecule has 0 aliphatic heterocycles. The van der Waals surface area contributed by atoms with Gasteiger partial charge >= 0.3 is 33.5 Å². The predicted octanol–water partition coefficient (Wildman–Crippen LogP) is 2.66. The number of phosphoric acid groups is 2. The van der Waals surface area contributed by atoms with Crippen molar-refractivity contribution in [3.63, 3.8) is 0 Å². The molecule has 0 saturated heterocycles. The Labute approximate surface area is 163 Å². The number of halogens is 3. The van der Waals surface area contributed by atoms with Gasteiger partial charge in [-0.05, 0) is 32.3 Å². The first-order valence-corrected chi connectivity index (χ1v) is 10.6. The third-order valence-electron chi connectivity index (χ3n) is 2.90. The lowest BCUT2D eigenvalue weighted by Gasteiger charge is -2.11. The summed E-state index contributed by atoms with van der Waals surface area (Å²) in [6.07, 6.45) is -1.50. The fraction of sp³-hybridized carbons (Fsp3) is 0.538. The fourth-order valence-corrected chi connectivity index (χ4v) is 3.13. The van der Waals surface area contributed by atoms with E-state index < -0.39 is 46.7 Å². The van der Waals surface area contributed by atoms with E-state index in [9.17, 15) is 27.1 Å². The summed E-state index contributed by atoms with van der Waals surface area (Å²) in [4.78, 5) is 39.0. The number of nitrogens with zero attached hydrogens (tertiary/aromatic N) is 2. The molecule has 16 heteroatoms. The number of phosphoric ester groups is 1. The molecule has 166 valence electrons. The smallest absolute Gasteiger partial charge is 0.452 e. The molecule has 0 heterocycles. The van der Waals surface area contributed by atoms with Crippen LogP contribution in [0.3, 0.4) is 0 Å². The molecule has 29 heavy (non-hydrogen) atoms. The average molecular weight is 466 g/mol. The number of hydrogen-bond acceptors (Lipinski definition) is 6. The van der Waals surface area contributed by atoms with E-state index in [0.29, 0.717) is 24.0 Å². The van der Waals surface area contributed by atoms with Gasteiger partial charge in [-0.3, -0.25) is 4.52 Å². The van der Waals surface area contributed by atoms with Crippen LogP contribution in [0.15, 0.2) is 23.3 Å². The average Bonchev–Trinajstić information content (AvgIpc) is 2.49. The highest BCUT2D eigenvalue weighted by atomic mass is 31.3. The monoisotopic (exact) mass is 466 g/mol. The van der Waals surface area contributed by atoms with Crippen molar-refractivity contribution in [1.29, 1.82) is 0 Å². The molecular weight excluding hydrogens is 447 g/mol. The molecule has 0 aromatic carbocycles. The summed E-state index contributed by atoms with van der Waals surface area (Å²) in [6.45, 7) is 2.17. The van der Waals surface area contributed by atoms with E-state index in [1.165, 1.54) is 13.0 Å². The van der Waals surface area contributed by atoms with Gasteiger partial charge in [0.2, 0.25) is 0 Å². The number of ether oxygens (including phenoxy) is 1. The highest BCUT2D eigenvalue weighted by Gasteiger charge is 2.51. The van der Waals surface area contributed by atoms with Crippen LogP contribution in [0.2, 0.25) is 0 Å². The van der Waals surface area contributed by atoms with E-state index in [0.717, 1.165) is 0 Å². The number of allylic oxidation sites excluding steroid dienone is 2. The zero-order valence-electron chi connectivity index (χ0n) is 15.2. The topological polar surface area (TPSA) is 176 Å². The van der Waals surface area contributed by atoms with Gasteiger partial charge < -0.3 is 24.9 Å². The lowest BCUT2D eigenvalue weighted by molar-refractivity contribution is -0.153. The molecule has 1 unspecified atom stereocenters. The molecule has 0 aromatic rings. The maximum atomic E-state index is 12.3. The molecule has 11 nitrogen and oxygen atoms in total. The second-order valence-electron chi connectivity index (χ2n) is 5.50. The van der Waals surface area contributed by atoms with Crippen molar-refractivity contribution in [3.05, 3.63) is 28.8 Å². The summed E-state index contributed by atoms with van der Waals surface area (Å²) in [5, 5.41) is 0. The Morgan fingerprint density at radius 1 is 1.14 bits per heavy atom. The zero-order chi connectivity index (χ0) is 22.9. The Morgan fingerprint density at radius 2 is 1.72 bits per heavy atom. The van der Waals surface area contributed by atoms with Crippen molar-refractivity contribution in [2.45, 2.75) is 32.9 Å². The van der Waals surface area contributed by atoms with Crippen LogP contribution >= 0.6 is 15.6 Å². The maximum Gasteiger partial charge on any atom is 0.503 e. The van der Waals surface area contributed by atoms with Gasteiger partial charge in [-0.25, -0.2) is 13.9 Å². The van der Waals surface area contributed by atoms with Crippen LogP contribution in [0, 0.1) is 0 Å². The Balaban J connectivity index is 4.45. The van der Waals surface area contributed by atoms with E-state index in [2.05, 4.69) is 13.6 Å². The minimum Gasteiger partial charge on any atom is -0.452 e. The molecule has 1 atom stereocenters. The van der Waals surface area contributed by atoms with Gasteiger partial charge in [0.15, 0.2) is 0 Å². The minimum absolute atomic E-state index is 0.363. The summed E-state index contributed by atoms with van der Waals surface area (Å²) in [5.74, 6) is -1.83.